The monoisotopic (exact) mass is 392 g/mol. The second-order valence-electron chi connectivity index (χ2n) is 6.50. The zero-order valence-corrected chi connectivity index (χ0v) is 16.0. The number of anilines is 1. The lowest BCUT2D eigenvalue weighted by Crippen LogP contribution is -2.29. The van der Waals surface area contributed by atoms with Crippen LogP contribution in [0, 0.1) is 13.8 Å². The summed E-state index contributed by atoms with van der Waals surface area (Å²) >= 11 is 1.13. The topological polar surface area (TPSA) is 92.3 Å². The maximum absolute atomic E-state index is 12.4. The average Bonchev–Trinajstić information content (AvgIpc) is 3.22. The normalized spacial score (nSPS) is 13.0. The quantitative estimate of drug-likeness (QED) is 0.689. The van der Waals surface area contributed by atoms with Crippen molar-refractivity contribution in [1.29, 1.82) is 0 Å². The fraction of sp³-hybridized carbons (Fsp3) is 0.150. The highest BCUT2D eigenvalue weighted by molar-refractivity contribution is 7.15. The third-order valence-electron chi connectivity index (χ3n) is 4.63. The second-order valence-corrected chi connectivity index (χ2v) is 7.56. The van der Waals surface area contributed by atoms with Crippen LogP contribution in [-0.4, -0.2) is 32.8 Å². The van der Waals surface area contributed by atoms with Gasteiger partial charge in [-0.05, 0) is 49.2 Å². The SMILES string of the molecule is Cc1ccc(C(=O)Nc2nnc(CN3C(=O)c4ccccc4C3=O)s2)cc1C. The second kappa shape index (κ2) is 6.97. The van der Waals surface area contributed by atoms with Gasteiger partial charge in [0.15, 0.2) is 0 Å². The minimum atomic E-state index is -0.350. The van der Waals surface area contributed by atoms with E-state index in [0.717, 1.165) is 27.4 Å². The fourth-order valence-corrected chi connectivity index (χ4v) is 3.66. The predicted molar refractivity (Wildman–Crippen MR) is 104 cm³/mol. The molecule has 0 atom stereocenters. The Labute approximate surface area is 165 Å². The van der Waals surface area contributed by atoms with Crippen molar-refractivity contribution >= 4 is 34.2 Å². The summed E-state index contributed by atoms with van der Waals surface area (Å²) in [5.74, 6) is -0.987. The molecule has 2 heterocycles. The first-order chi connectivity index (χ1) is 13.4. The fourth-order valence-electron chi connectivity index (χ4n) is 2.94. The number of rotatable bonds is 4. The van der Waals surface area contributed by atoms with Crippen LogP contribution in [0.1, 0.15) is 47.2 Å². The lowest BCUT2D eigenvalue weighted by Gasteiger charge is -2.10. The lowest BCUT2D eigenvalue weighted by molar-refractivity contribution is 0.0641. The van der Waals surface area contributed by atoms with Crippen LogP contribution in [0.15, 0.2) is 42.5 Å². The highest BCUT2D eigenvalue weighted by Gasteiger charge is 2.35. The van der Waals surface area contributed by atoms with Crippen LogP contribution in [0.2, 0.25) is 0 Å². The summed E-state index contributed by atoms with van der Waals surface area (Å²) in [7, 11) is 0. The molecule has 0 fully saturated rings. The van der Waals surface area contributed by atoms with Gasteiger partial charge in [0, 0.05) is 5.56 Å². The molecule has 0 bridgehead atoms. The Morgan fingerprint density at radius 1 is 1.00 bits per heavy atom. The van der Waals surface area contributed by atoms with E-state index in [2.05, 4.69) is 15.5 Å². The molecule has 2 aromatic carbocycles. The average molecular weight is 392 g/mol. The molecule has 0 saturated carbocycles. The van der Waals surface area contributed by atoms with Crippen molar-refractivity contribution in [3.8, 4) is 0 Å². The Morgan fingerprint density at radius 3 is 2.32 bits per heavy atom. The van der Waals surface area contributed by atoms with Gasteiger partial charge >= 0.3 is 0 Å². The van der Waals surface area contributed by atoms with Crippen molar-refractivity contribution < 1.29 is 14.4 Å². The number of carbonyl (C=O) groups is 3. The first kappa shape index (κ1) is 18.0. The van der Waals surface area contributed by atoms with E-state index in [1.54, 1.807) is 30.3 Å². The van der Waals surface area contributed by atoms with Crippen molar-refractivity contribution in [3.63, 3.8) is 0 Å². The van der Waals surface area contributed by atoms with Crippen LogP contribution in [-0.2, 0) is 6.54 Å². The van der Waals surface area contributed by atoms with Gasteiger partial charge in [-0.15, -0.1) is 10.2 Å². The van der Waals surface area contributed by atoms with E-state index < -0.39 is 0 Å². The molecule has 1 aromatic heterocycles. The molecule has 0 radical (unpaired) electrons. The van der Waals surface area contributed by atoms with E-state index in [1.165, 1.54) is 0 Å². The zero-order chi connectivity index (χ0) is 19.8. The summed E-state index contributed by atoms with van der Waals surface area (Å²) in [6.07, 6.45) is 0. The molecule has 3 amide bonds. The summed E-state index contributed by atoms with van der Waals surface area (Å²) in [5.41, 5.74) is 3.44. The maximum atomic E-state index is 12.4. The van der Waals surface area contributed by atoms with Crippen LogP contribution in [0.5, 0.6) is 0 Å². The third kappa shape index (κ3) is 3.18. The van der Waals surface area contributed by atoms with Gasteiger partial charge in [0.25, 0.3) is 17.7 Å². The smallest absolute Gasteiger partial charge is 0.261 e. The molecule has 1 N–H and O–H groups in total. The van der Waals surface area contributed by atoms with E-state index in [9.17, 15) is 14.4 Å². The van der Waals surface area contributed by atoms with Crippen molar-refractivity contribution in [1.82, 2.24) is 15.1 Å². The number of nitrogens with zero attached hydrogens (tertiary/aromatic N) is 3. The number of fused-ring (bicyclic) bond motifs is 1. The van der Waals surface area contributed by atoms with E-state index in [0.29, 0.717) is 26.8 Å². The molecule has 8 heteroatoms. The number of imide groups is 1. The van der Waals surface area contributed by atoms with Crippen LogP contribution in [0.3, 0.4) is 0 Å². The Hall–Kier alpha value is -3.39. The van der Waals surface area contributed by atoms with Crippen LogP contribution in [0.25, 0.3) is 0 Å². The van der Waals surface area contributed by atoms with Gasteiger partial charge in [0.1, 0.15) is 5.01 Å². The van der Waals surface area contributed by atoms with Gasteiger partial charge < -0.3 is 0 Å². The summed E-state index contributed by atoms with van der Waals surface area (Å²) in [6, 6.07) is 12.1. The maximum Gasteiger partial charge on any atom is 0.261 e. The predicted octanol–water partition coefficient (Wildman–Crippen LogP) is 3.20. The van der Waals surface area contributed by atoms with Gasteiger partial charge in [-0.1, -0.05) is 29.5 Å². The molecule has 0 saturated heterocycles. The van der Waals surface area contributed by atoms with Crippen molar-refractivity contribution in [2.24, 2.45) is 0 Å². The molecule has 0 spiro atoms. The summed E-state index contributed by atoms with van der Waals surface area (Å²) in [5, 5.41) is 11.4. The van der Waals surface area contributed by atoms with Gasteiger partial charge in [-0.3, -0.25) is 24.6 Å². The number of nitrogens with one attached hydrogen (secondary N) is 1. The minimum Gasteiger partial charge on any atom is -0.296 e. The van der Waals surface area contributed by atoms with Crippen LogP contribution in [0.4, 0.5) is 5.13 Å². The molecular formula is C20H16N4O3S. The Morgan fingerprint density at radius 2 is 1.68 bits per heavy atom. The first-order valence-electron chi connectivity index (χ1n) is 8.60. The van der Waals surface area contributed by atoms with Crippen LogP contribution >= 0.6 is 11.3 Å². The molecule has 0 unspecified atom stereocenters. The van der Waals surface area contributed by atoms with Crippen molar-refractivity contribution in [3.05, 3.63) is 75.3 Å². The van der Waals surface area contributed by atoms with E-state index >= 15 is 0 Å². The first-order valence-corrected chi connectivity index (χ1v) is 9.42. The number of hydrogen-bond acceptors (Lipinski definition) is 6. The summed E-state index contributed by atoms with van der Waals surface area (Å²) < 4.78 is 0. The number of hydrogen-bond donors (Lipinski definition) is 1. The molecular weight excluding hydrogens is 376 g/mol. The molecule has 7 nitrogen and oxygen atoms in total. The highest BCUT2D eigenvalue weighted by atomic mass is 32.1. The lowest BCUT2D eigenvalue weighted by atomic mass is 10.1. The molecule has 0 aliphatic carbocycles. The van der Waals surface area contributed by atoms with Gasteiger partial charge in [-0.2, -0.15) is 0 Å². The Kier molecular flexibility index (Phi) is 4.48. The van der Waals surface area contributed by atoms with Crippen molar-refractivity contribution in [2.75, 3.05) is 5.32 Å². The standard InChI is InChI=1S/C20H16N4O3S/c1-11-7-8-13(9-12(11)2)17(25)21-20-23-22-16(28-20)10-24-18(26)14-5-3-4-6-15(14)19(24)27/h3-9H,10H2,1-2H3,(H,21,23,25). The Bertz CT molecular complexity index is 1090. The number of benzene rings is 2. The number of aromatic nitrogens is 2. The molecule has 28 heavy (non-hydrogen) atoms. The molecule has 3 aromatic rings. The van der Waals surface area contributed by atoms with E-state index in [-0.39, 0.29) is 24.3 Å². The molecule has 4 rings (SSSR count). The highest BCUT2D eigenvalue weighted by Crippen LogP contribution is 2.26. The van der Waals surface area contributed by atoms with Gasteiger partial charge in [0.05, 0.1) is 17.7 Å². The number of amides is 3. The molecule has 1 aliphatic rings. The minimum absolute atomic E-state index is 0.0174. The third-order valence-corrected chi connectivity index (χ3v) is 5.45. The van der Waals surface area contributed by atoms with Gasteiger partial charge in [-0.25, -0.2) is 0 Å². The van der Waals surface area contributed by atoms with E-state index in [1.807, 2.05) is 26.0 Å². The molecule has 1 aliphatic heterocycles. The number of aryl methyl sites for hydroxylation is 2. The number of carbonyl (C=O) groups excluding carboxylic acids is 3. The van der Waals surface area contributed by atoms with E-state index in [4.69, 9.17) is 0 Å². The Balaban J connectivity index is 1.47. The zero-order valence-electron chi connectivity index (χ0n) is 15.2. The summed E-state index contributed by atoms with van der Waals surface area (Å²) in [4.78, 5) is 38.4. The molecule has 140 valence electrons. The van der Waals surface area contributed by atoms with Crippen LogP contribution < -0.4 is 5.32 Å². The largest absolute Gasteiger partial charge is 0.296 e. The summed E-state index contributed by atoms with van der Waals surface area (Å²) in [6.45, 7) is 3.94. The van der Waals surface area contributed by atoms with Gasteiger partial charge in [0.2, 0.25) is 5.13 Å². The van der Waals surface area contributed by atoms with Crippen molar-refractivity contribution in [2.45, 2.75) is 20.4 Å².